The molecule has 0 unspecified atom stereocenters. The van der Waals surface area contributed by atoms with Crippen LogP contribution in [0.15, 0.2) is 23.8 Å². The first-order valence-corrected chi connectivity index (χ1v) is 13.1. The minimum Gasteiger partial charge on any atom is -0.299 e. The molecule has 4 aliphatic carbocycles. The number of carbonyl (C=O) groups is 1. The molecule has 8 atom stereocenters. The van der Waals surface area contributed by atoms with Crippen LogP contribution < -0.4 is 0 Å². The highest BCUT2D eigenvalue weighted by Crippen LogP contribution is 2.67. The molecule has 168 valence electrons. The summed E-state index contributed by atoms with van der Waals surface area (Å²) < 4.78 is 0. The molecular weight excluding hydrogens is 364 g/mol. The lowest BCUT2D eigenvalue weighted by molar-refractivity contribution is -0.149. The quantitative estimate of drug-likeness (QED) is 0.419. The van der Waals surface area contributed by atoms with Crippen LogP contribution in [0.1, 0.15) is 99.3 Å². The van der Waals surface area contributed by atoms with Gasteiger partial charge in [-0.1, -0.05) is 65.3 Å². The first-order chi connectivity index (χ1) is 14.2. The van der Waals surface area contributed by atoms with E-state index in [0.717, 1.165) is 42.9 Å². The molecule has 0 amide bonds. The average molecular weight is 411 g/mol. The van der Waals surface area contributed by atoms with E-state index in [1.807, 2.05) is 0 Å². The molecule has 0 aromatic carbocycles. The number of hydrogen-bond acceptors (Lipinski definition) is 1. The van der Waals surface area contributed by atoms with Crippen molar-refractivity contribution in [1.82, 2.24) is 0 Å². The smallest absolute Gasteiger partial charge is 0.137 e. The van der Waals surface area contributed by atoms with Gasteiger partial charge < -0.3 is 0 Å². The summed E-state index contributed by atoms with van der Waals surface area (Å²) in [6.07, 6.45) is 18.1. The lowest BCUT2D eigenvalue weighted by atomic mass is 9.45. The maximum Gasteiger partial charge on any atom is 0.137 e. The van der Waals surface area contributed by atoms with Crippen LogP contribution in [0.2, 0.25) is 0 Å². The molecule has 0 bridgehead atoms. The third kappa shape index (κ3) is 3.47. The molecular formula is C29H46O. The fourth-order valence-corrected chi connectivity index (χ4v) is 8.82. The van der Waals surface area contributed by atoms with Crippen molar-refractivity contribution in [2.75, 3.05) is 0 Å². The van der Waals surface area contributed by atoms with Gasteiger partial charge in [0.25, 0.3) is 0 Å². The van der Waals surface area contributed by atoms with Crippen LogP contribution in [0.3, 0.4) is 0 Å². The molecule has 0 saturated heterocycles. The van der Waals surface area contributed by atoms with Gasteiger partial charge in [0.05, 0.1) is 0 Å². The molecule has 0 aliphatic heterocycles. The number of rotatable bonds is 5. The standard InChI is InChI=1S/C29H46O/c1-7-21(12-11-19(2)3)20(4)23-13-14-24-22-18-27(30)26-10-8-9-16-28(26,5)25(22)15-17-29(23,24)6/h8-9,12,19-20,22-26H,7,10-11,13-18H2,1-6H3/t20-,22+,23-,24+,25+,26-,28-,29-/m1/s1. The van der Waals surface area contributed by atoms with Crippen molar-refractivity contribution >= 4 is 5.78 Å². The van der Waals surface area contributed by atoms with Crippen molar-refractivity contribution < 1.29 is 4.79 Å². The maximum absolute atomic E-state index is 13.3. The van der Waals surface area contributed by atoms with Crippen molar-refractivity contribution in [3.05, 3.63) is 23.8 Å². The molecule has 3 saturated carbocycles. The molecule has 4 aliphatic rings. The Kier molecular flexibility index (Phi) is 6.15. The van der Waals surface area contributed by atoms with Gasteiger partial charge in [-0.15, -0.1) is 0 Å². The number of hydrogen-bond donors (Lipinski definition) is 0. The molecule has 1 nitrogen and oxygen atoms in total. The second-order valence-electron chi connectivity index (χ2n) is 12.3. The normalized spacial score (nSPS) is 44.6. The third-order valence-electron chi connectivity index (χ3n) is 10.5. The molecule has 0 aromatic heterocycles. The van der Waals surface area contributed by atoms with E-state index in [4.69, 9.17) is 0 Å². The fraction of sp³-hybridized carbons (Fsp3) is 0.828. The number of fused-ring (bicyclic) bond motifs is 5. The largest absolute Gasteiger partial charge is 0.299 e. The Balaban J connectivity index is 1.58. The number of ketones is 1. The van der Waals surface area contributed by atoms with Crippen LogP contribution in [0.5, 0.6) is 0 Å². The second-order valence-corrected chi connectivity index (χ2v) is 12.3. The zero-order chi connectivity index (χ0) is 21.7. The predicted octanol–water partition coefficient (Wildman–Crippen LogP) is 8.01. The lowest BCUT2D eigenvalue weighted by Gasteiger charge is -2.59. The summed E-state index contributed by atoms with van der Waals surface area (Å²) in [6.45, 7) is 14.6. The molecule has 30 heavy (non-hydrogen) atoms. The molecule has 0 spiro atoms. The Morgan fingerprint density at radius 1 is 1.10 bits per heavy atom. The monoisotopic (exact) mass is 410 g/mol. The number of carbonyl (C=O) groups excluding carboxylic acids is 1. The van der Waals surface area contributed by atoms with E-state index in [1.165, 1.54) is 38.5 Å². The van der Waals surface area contributed by atoms with Crippen molar-refractivity contribution in [2.24, 2.45) is 52.3 Å². The van der Waals surface area contributed by atoms with Crippen molar-refractivity contribution in [3.8, 4) is 0 Å². The lowest BCUT2D eigenvalue weighted by Crippen LogP contribution is -2.55. The van der Waals surface area contributed by atoms with Crippen LogP contribution in [0.4, 0.5) is 0 Å². The summed E-state index contributed by atoms with van der Waals surface area (Å²) in [6, 6.07) is 0. The summed E-state index contributed by atoms with van der Waals surface area (Å²) >= 11 is 0. The summed E-state index contributed by atoms with van der Waals surface area (Å²) in [5.74, 6) is 5.30. The predicted molar refractivity (Wildman–Crippen MR) is 127 cm³/mol. The van der Waals surface area contributed by atoms with Gasteiger partial charge >= 0.3 is 0 Å². The van der Waals surface area contributed by atoms with Crippen LogP contribution in [0, 0.1) is 52.3 Å². The highest BCUT2D eigenvalue weighted by molar-refractivity contribution is 5.83. The van der Waals surface area contributed by atoms with Gasteiger partial charge in [-0.05, 0) is 97.7 Å². The Morgan fingerprint density at radius 3 is 2.53 bits per heavy atom. The highest BCUT2D eigenvalue weighted by atomic mass is 16.1. The van der Waals surface area contributed by atoms with Gasteiger partial charge in [0.15, 0.2) is 0 Å². The topological polar surface area (TPSA) is 17.1 Å². The van der Waals surface area contributed by atoms with Crippen molar-refractivity contribution in [3.63, 3.8) is 0 Å². The van der Waals surface area contributed by atoms with E-state index in [9.17, 15) is 4.79 Å². The van der Waals surface area contributed by atoms with Crippen LogP contribution in [-0.2, 0) is 4.79 Å². The van der Waals surface area contributed by atoms with E-state index in [2.05, 4.69) is 59.8 Å². The van der Waals surface area contributed by atoms with Crippen LogP contribution in [-0.4, -0.2) is 5.78 Å². The summed E-state index contributed by atoms with van der Waals surface area (Å²) in [5.41, 5.74) is 2.36. The molecule has 0 aromatic rings. The van der Waals surface area contributed by atoms with E-state index in [1.54, 1.807) is 5.57 Å². The zero-order valence-corrected chi connectivity index (χ0v) is 20.5. The molecule has 3 fully saturated rings. The minimum absolute atomic E-state index is 0.228. The molecule has 0 heterocycles. The van der Waals surface area contributed by atoms with Gasteiger partial charge in [-0.3, -0.25) is 4.79 Å². The summed E-state index contributed by atoms with van der Waals surface area (Å²) in [7, 11) is 0. The molecule has 1 heteroatoms. The average Bonchev–Trinajstić information content (AvgIpc) is 3.05. The first kappa shape index (κ1) is 22.3. The first-order valence-electron chi connectivity index (χ1n) is 13.1. The Bertz CT molecular complexity index is 714. The van der Waals surface area contributed by atoms with Crippen molar-refractivity contribution in [1.29, 1.82) is 0 Å². The van der Waals surface area contributed by atoms with Gasteiger partial charge in [0.2, 0.25) is 0 Å². The van der Waals surface area contributed by atoms with Crippen LogP contribution >= 0.6 is 0 Å². The van der Waals surface area contributed by atoms with E-state index in [0.29, 0.717) is 29.0 Å². The molecule has 0 radical (unpaired) electrons. The molecule has 4 rings (SSSR count). The fourth-order valence-electron chi connectivity index (χ4n) is 8.82. The Hall–Kier alpha value is -0.850. The SMILES string of the molecule is CCC(=CCC(C)C)[C@@H](C)[C@H]1CC[C@H]2[C@@H]3CC(=O)[C@H]4CC=CC[C@]4(C)[C@H]3CC[C@]12C. The second kappa shape index (κ2) is 8.25. The number of allylic oxidation sites excluding steroid dienone is 4. The van der Waals surface area contributed by atoms with Gasteiger partial charge in [-0.2, -0.15) is 0 Å². The Morgan fingerprint density at radius 2 is 1.83 bits per heavy atom. The third-order valence-corrected chi connectivity index (χ3v) is 10.5. The summed E-state index contributed by atoms with van der Waals surface area (Å²) in [5, 5.41) is 0. The number of Topliss-reactive ketones (excluding diaryl/α,β-unsaturated/α-hetero) is 1. The Labute approximate surface area is 186 Å². The van der Waals surface area contributed by atoms with E-state index in [-0.39, 0.29) is 5.41 Å². The van der Waals surface area contributed by atoms with Crippen LogP contribution in [0.25, 0.3) is 0 Å². The van der Waals surface area contributed by atoms with E-state index < -0.39 is 0 Å². The van der Waals surface area contributed by atoms with Gasteiger partial charge in [0.1, 0.15) is 5.78 Å². The van der Waals surface area contributed by atoms with Gasteiger partial charge in [0, 0.05) is 12.3 Å². The highest BCUT2D eigenvalue weighted by Gasteiger charge is 2.61. The maximum atomic E-state index is 13.3. The van der Waals surface area contributed by atoms with Gasteiger partial charge in [-0.25, -0.2) is 0 Å². The minimum atomic E-state index is 0.228. The zero-order valence-electron chi connectivity index (χ0n) is 20.5. The van der Waals surface area contributed by atoms with E-state index >= 15 is 0 Å². The molecule has 0 N–H and O–H groups in total. The summed E-state index contributed by atoms with van der Waals surface area (Å²) in [4.78, 5) is 13.3. The van der Waals surface area contributed by atoms with Crippen molar-refractivity contribution in [2.45, 2.75) is 99.3 Å².